The monoisotopic (exact) mass is 396 g/mol. The minimum Gasteiger partial charge on any atom is -0.481 e. The number of rotatable bonds is 4. The first-order valence-corrected chi connectivity index (χ1v) is 8.59. The van der Waals surface area contributed by atoms with E-state index in [4.69, 9.17) is 5.11 Å². The number of aromatic nitrogens is 2. The first kappa shape index (κ1) is 19.7. The van der Waals surface area contributed by atoms with E-state index in [1.165, 1.54) is 4.68 Å². The number of likely N-dealkylation sites (tertiary alicyclic amines) is 1. The number of anilines is 1. The summed E-state index contributed by atoms with van der Waals surface area (Å²) in [5.74, 6) is -5.01. The summed E-state index contributed by atoms with van der Waals surface area (Å²) in [6, 6.07) is 10.2. The number of carboxylic acid groups (broad SMARTS) is 1. The van der Waals surface area contributed by atoms with E-state index in [9.17, 15) is 22.8 Å². The number of urea groups is 1. The number of benzene rings is 1. The molecule has 3 rings (SSSR count). The Morgan fingerprint density at radius 1 is 1.25 bits per heavy atom. The van der Waals surface area contributed by atoms with Crippen LogP contribution in [0.1, 0.15) is 11.3 Å². The van der Waals surface area contributed by atoms with Crippen molar-refractivity contribution < 1.29 is 27.9 Å². The predicted molar refractivity (Wildman–Crippen MR) is 93.8 cm³/mol. The largest absolute Gasteiger partial charge is 0.481 e. The van der Waals surface area contributed by atoms with Crippen LogP contribution in [0.15, 0.2) is 36.4 Å². The van der Waals surface area contributed by atoms with E-state index >= 15 is 0 Å². The van der Waals surface area contributed by atoms with E-state index in [1.54, 1.807) is 13.0 Å². The van der Waals surface area contributed by atoms with Gasteiger partial charge >= 0.3 is 18.2 Å². The van der Waals surface area contributed by atoms with Gasteiger partial charge in [0.05, 0.1) is 24.1 Å². The number of halogens is 3. The average Bonchev–Trinajstić information content (AvgIpc) is 3.20. The number of aliphatic carboxylic acids is 1. The fourth-order valence-electron chi connectivity index (χ4n) is 3.26. The van der Waals surface area contributed by atoms with E-state index in [0.717, 1.165) is 10.5 Å². The van der Waals surface area contributed by atoms with Crippen LogP contribution >= 0.6 is 0 Å². The zero-order valence-electron chi connectivity index (χ0n) is 15.0. The summed E-state index contributed by atoms with van der Waals surface area (Å²) in [6.45, 7) is 0.898. The van der Waals surface area contributed by atoms with Crippen LogP contribution in [-0.4, -0.2) is 51.1 Å². The van der Waals surface area contributed by atoms with Gasteiger partial charge in [0, 0.05) is 19.2 Å². The van der Waals surface area contributed by atoms with Crippen molar-refractivity contribution in [1.82, 2.24) is 14.7 Å². The highest BCUT2D eigenvalue weighted by molar-refractivity contribution is 5.89. The van der Waals surface area contributed by atoms with Gasteiger partial charge in [-0.25, -0.2) is 9.48 Å². The average molecular weight is 396 g/mol. The lowest BCUT2D eigenvalue weighted by molar-refractivity contribution is -0.187. The maximum absolute atomic E-state index is 13.1. The number of hydrogen-bond acceptors (Lipinski definition) is 3. The molecule has 1 aromatic heterocycles. The molecule has 10 heteroatoms. The standard InChI is InChI=1S/C18H19F3N4O3/c1-11-7-15(25(23-11)8-12-5-3-2-4-6-12)22-17(28)24-9-13(16(26)27)14(10-24)18(19,20)21/h2-7,13-14H,8-10H2,1H3,(H,22,28)(H,26,27)/t13-,14-/m1/s1. The van der Waals surface area contributed by atoms with Crippen molar-refractivity contribution in [2.45, 2.75) is 19.6 Å². The lowest BCUT2D eigenvalue weighted by atomic mass is 9.96. The van der Waals surface area contributed by atoms with Gasteiger partial charge in [0.25, 0.3) is 0 Å². The number of nitrogens with one attached hydrogen (secondary N) is 1. The molecule has 1 aliphatic rings. The summed E-state index contributed by atoms with van der Waals surface area (Å²) >= 11 is 0. The smallest absolute Gasteiger partial charge is 0.394 e. The second-order valence-corrected chi connectivity index (χ2v) is 6.74. The number of carboxylic acids is 1. The third-order valence-corrected chi connectivity index (χ3v) is 4.66. The quantitative estimate of drug-likeness (QED) is 0.832. The van der Waals surface area contributed by atoms with Gasteiger partial charge in [-0.1, -0.05) is 30.3 Å². The lowest BCUT2D eigenvalue weighted by Gasteiger charge is -2.19. The van der Waals surface area contributed by atoms with Crippen molar-refractivity contribution in [3.63, 3.8) is 0 Å². The van der Waals surface area contributed by atoms with Gasteiger partial charge in [0.1, 0.15) is 5.82 Å². The molecule has 0 saturated carbocycles. The zero-order chi connectivity index (χ0) is 20.5. The first-order chi connectivity index (χ1) is 13.1. The summed E-state index contributed by atoms with van der Waals surface area (Å²) < 4.78 is 40.9. The molecule has 28 heavy (non-hydrogen) atoms. The fourth-order valence-corrected chi connectivity index (χ4v) is 3.26. The molecule has 2 N–H and O–H groups in total. The highest BCUT2D eigenvalue weighted by Gasteiger charge is 2.53. The molecule has 0 bridgehead atoms. The van der Waals surface area contributed by atoms with Gasteiger partial charge in [0.2, 0.25) is 0 Å². The van der Waals surface area contributed by atoms with Crippen LogP contribution in [-0.2, 0) is 11.3 Å². The topological polar surface area (TPSA) is 87.5 Å². The van der Waals surface area contributed by atoms with Crippen molar-refractivity contribution in [3.8, 4) is 0 Å². The van der Waals surface area contributed by atoms with Gasteiger partial charge in [-0.05, 0) is 12.5 Å². The normalized spacial score (nSPS) is 19.6. The highest BCUT2D eigenvalue weighted by Crippen LogP contribution is 2.37. The van der Waals surface area contributed by atoms with Gasteiger partial charge in [-0.2, -0.15) is 18.3 Å². The van der Waals surface area contributed by atoms with E-state index in [0.29, 0.717) is 18.1 Å². The van der Waals surface area contributed by atoms with Crippen LogP contribution in [0.25, 0.3) is 0 Å². The SMILES string of the molecule is Cc1cc(NC(=O)N2C[C@@H](C(F)(F)F)[C@H](C(=O)O)C2)n(Cc2ccccc2)n1. The number of alkyl halides is 3. The Morgan fingerprint density at radius 3 is 2.50 bits per heavy atom. The number of hydrogen-bond donors (Lipinski definition) is 2. The number of amides is 2. The molecule has 150 valence electrons. The Hall–Kier alpha value is -3.04. The van der Waals surface area contributed by atoms with E-state index in [-0.39, 0.29) is 0 Å². The minimum atomic E-state index is -4.69. The van der Waals surface area contributed by atoms with E-state index in [1.807, 2.05) is 30.3 Å². The third kappa shape index (κ3) is 4.26. The summed E-state index contributed by atoms with van der Waals surface area (Å²) in [6.07, 6.45) is -4.69. The molecular weight excluding hydrogens is 377 g/mol. The van der Waals surface area contributed by atoms with Crippen LogP contribution in [0.5, 0.6) is 0 Å². The molecule has 0 aliphatic carbocycles. The second-order valence-electron chi connectivity index (χ2n) is 6.74. The van der Waals surface area contributed by atoms with Crippen molar-refractivity contribution in [3.05, 3.63) is 47.7 Å². The molecule has 2 atom stereocenters. The Morgan fingerprint density at radius 2 is 1.93 bits per heavy atom. The van der Waals surface area contributed by atoms with Crippen molar-refractivity contribution in [2.75, 3.05) is 18.4 Å². The first-order valence-electron chi connectivity index (χ1n) is 8.59. The molecule has 2 heterocycles. The van der Waals surface area contributed by atoms with E-state index < -0.39 is 43.1 Å². The number of aryl methyl sites for hydroxylation is 1. The maximum atomic E-state index is 13.1. The van der Waals surface area contributed by atoms with Crippen LogP contribution in [0.2, 0.25) is 0 Å². The predicted octanol–water partition coefficient (Wildman–Crippen LogP) is 2.97. The Kier molecular flexibility index (Phi) is 5.30. The zero-order valence-corrected chi connectivity index (χ0v) is 15.0. The van der Waals surface area contributed by atoms with Crippen LogP contribution in [0.3, 0.4) is 0 Å². The van der Waals surface area contributed by atoms with Crippen molar-refractivity contribution >= 4 is 17.8 Å². The number of carbonyl (C=O) groups excluding carboxylic acids is 1. The van der Waals surface area contributed by atoms with Crippen LogP contribution in [0, 0.1) is 18.8 Å². The lowest BCUT2D eigenvalue weighted by Crippen LogP contribution is -2.35. The van der Waals surface area contributed by atoms with Crippen molar-refractivity contribution in [2.24, 2.45) is 11.8 Å². The number of nitrogens with zero attached hydrogens (tertiary/aromatic N) is 3. The molecule has 7 nitrogen and oxygen atoms in total. The maximum Gasteiger partial charge on any atom is 0.394 e. The molecule has 1 saturated heterocycles. The van der Waals surface area contributed by atoms with Crippen molar-refractivity contribution in [1.29, 1.82) is 0 Å². The summed E-state index contributed by atoms with van der Waals surface area (Å²) in [7, 11) is 0. The molecule has 0 spiro atoms. The molecule has 0 unspecified atom stereocenters. The molecule has 2 aromatic rings. The summed E-state index contributed by atoms with van der Waals surface area (Å²) in [4.78, 5) is 24.5. The Balaban J connectivity index is 1.74. The molecule has 1 aliphatic heterocycles. The Bertz CT molecular complexity index is 867. The van der Waals surface area contributed by atoms with E-state index in [2.05, 4.69) is 10.4 Å². The van der Waals surface area contributed by atoms with Gasteiger partial charge < -0.3 is 10.0 Å². The third-order valence-electron chi connectivity index (χ3n) is 4.66. The number of carbonyl (C=O) groups is 2. The molecule has 0 radical (unpaired) electrons. The van der Waals surface area contributed by atoms with Gasteiger partial charge in [-0.3, -0.25) is 10.1 Å². The minimum absolute atomic E-state index is 0.327. The Labute approximate surface area is 158 Å². The highest BCUT2D eigenvalue weighted by atomic mass is 19.4. The second kappa shape index (κ2) is 7.53. The molecule has 1 aromatic carbocycles. The fraction of sp³-hybridized carbons (Fsp3) is 0.389. The van der Waals surface area contributed by atoms with Crippen LogP contribution in [0.4, 0.5) is 23.8 Å². The molecule has 1 fully saturated rings. The van der Waals surface area contributed by atoms with Gasteiger partial charge in [-0.15, -0.1) is 0 Å². The summed E-state index contributed by atoms with van der Waals surface area (Å²) in [5.41, 5.74) is 1.56. The van der Waals surface area contributed by atoms with Crippen LogP contribution < -0.4 is 5.32 Å². The molecule has 2 amide bonds. The summed E-state index contributed by atoms with van der Waals surface area (Å²) in [5, 5.41) is 15.9. The molecular formula is C18H19F3N4O3. The van der Waals surface area contributed by atoms with Gasteiger partial charge in [0.15, 0.2) is 0 Å².